The van der Waals surface area contributed by atoms with E-state index in [0.29, 0.717) is 6.54 Å². The van der Waals surface area contributed by atoms with Gasteiger partial charge < -0.3 is 4.74 Å². The summed E-state index contributed by atoms with van der Waals surface area (Å²) >= 11 is 0. The van der Waals surface area contributed by atoms with Crippen LogP contribution in [0.3, 0.4) is 0 Å². The SMILES string of the molecule is COc1ccc(CN2NNN=C2c2cnn(Cc3ccccc3)c2)cc1. The molecular weight excluding hydrogens is 328 g/mol. The third-order valence-electron chi connectivity index (χ3n) is 4.18. The van der Waals surface area contributed by atoms with Gasteiger partial charge in [-0.2, -0.15) is 5.10 Å². The molecule has 3 aromatic rings. The largest absolute Gasteiger partial charge is 0.497 e. The van der Waals surface area contributed by atoms with Crippen LogP contribution in [-0.4, -0.2) is 27.7 Å². The number of benzene rings is 2. The molecule has 4 rings (SSSR count). The maximum Gasteiger partial charge on any atom is 0.176 e. The van der Waals surface area contributed by atoms with Gasteiger partial charge in [0.05, 0.1) is 32.0 Å². The third kappa shape index (κ3) is 3.52. The van der Waals surface area contributed by atoms with Gasteiger partial charge in [0.15, 0.2) is 5.84 Å². The quantitative estimate of drug-likeness (QED) is 0.714. The van der Waals surface area contributed by atoms with E-state index in [1.165, 1.54) is 5.56 Å². The minimum Gasteiger partial charge on any atom is -0.497 e. The van der Waals surface area contributed by atoms with Gasteiger partial charge in [-0.25, -0.2) is 5.53 Å². The van der Waals surface area contributed by atoms with Crippen LogP contribution in [0.2, 0.25) is 0 Å². The molecule has 0 saturated carbocycles. The standard InChI is InChI=1S/C19H20N6O/c1-26-18-9-7-16(8-10-18)13-25-19(21-22-23-25)17-11-20-24(14-17)12-15-5-3-2-4-6-15/h2-11,14,22-23H,12-13H2,1H3. The van der Waals surface area contributed by atoms with Gasteiger partial charge in [-0.15, -0.1) is 10.6 Å². The lowest BCUT2D eigenvalue weighted by atomic mass is 10.2. The molecule has 0 saturated heterocycles. The molecule has 2 aromatic carbocycles. The van der Waals surface area contributed by atoms with E-state index in [4.69, 9.17) is 4.74 Å². The van der Waals surface area contributed by atoms with Crippen molar-refractivity contribution in [2.24, 2.45) is 5.10 Å². The average molecular weight is 348 g/mol. The first-order valence-corrected chi connectivity index (χ1v) is 8.37. The molecule has 1 aliphatic rings. The van der Waals surface area contributed by atoms with Gasteiger partial charge in [0.2, 0.25) is 0 Å². The summed E-state index contributed by atoms with van der Waals surface area (Å²) in [5.41, 5.74) is 9.18. The number of methoxy groups -OCH3 is 1. The lowest BCUT2D eigenvalue weighted by Gasteiger charge is -2.18. The van der Waals surface area contributed by atoms with E-state index in [2.05, 4.69) is 33.4 Å². The Morgan fingerprint density at radius 2 is 1.73 bits per heavy atom. The predicted molar refractivity (Wildman–Crippen MR) is 99.1 cm³/mol. The zero-order valence-corrected chi connectivity index (χ0v) is 14.5. The highest BCUT2D eigenvalue weighted by atomic mass is 16.5. The van der Waals surface area contributed by atoms with Crippen molar-refractivity contribution >= 4 is 5.84 Å². The first kappa shape index (κ1) is 16.2. The molecule has 26 heavy (non-hydrogen) atoms. The van der Waals surface area contributed by atoms with E-state index < -0.39 is 0 Å². The fraction of sp³-hybridized carbons (Fsp3) is 0.158. The Hall–Kier alpha value is -3.32. The van der Waals surface area contributed by atoms with E-state index in [1.54, 1.807) is 7.11 Å². The highest BCUT2D eigenvalue weighted by molar-refractivity contribution is 5.98. The van der Waals surface area contributed by atoms with Crippen molar-refractivity contribution in [1.29, 1.82) is 0 Å². The number of hydrogen-bond donors (Lipinski definition) is 2. The number of nitrogens with zero attached hydrogens (tertiary/aromatic N) is 4. The van der Waals surface area contributed by atoms with E-state index in [0.717, 1.165) is 29.3 Å². The van der Waals surface area contributed by atoms with E-state index in [-0.39, 0.29) is 0 Å². The Morgan fingerprint density at radius 3 is 2.50 bits per heavy atom. The van der Waals surface area contributed by atoms with Crippen LogP contribution in [0.4, 0.5) is 0 Å². The van der Waals surface area contributed by atoms with Gasteiger partial charge in [0, 0.05) is 6.20 Å². The van der Waals surface area contributed by atoms with Crippen molar-refractivity contribution in [1.82, 2.24) is 25.9 Å². The van der Waals surface area contributed by atoms with Gasteiger partial charge in [-0.1, -0.05) is 42.5 Å². The van der Waals surface area contributed by atoms with E-state index in [1.807, 2.05) is 64.5 Å². The van der Waals surface area contributed by atoms with E-state index >= 15 is 0 Å². The second kappa shape index (κ2) is 7.28. The third-order valence-corrected chi connectivity index (χ3v) is 4.18. The van der Waals surface area contributed by atoms with Crippen LogP contribution in [0.25, 0.3) is 0 Å². The molecule has 0 radical (unpaired) electrons. The zero-order chi connectivity index (χ0) is 17.8. The molecule has 1 aliphatic heterocycles. The molecule has 0 atom stereocenters. The monoisotopic (exact) mass is 348 g/mol. The Morgan fingerprint density at radius 1 is 0.962 bits per heavy atom. The summed E-state index contributed by atoms with van der Waals surface area (Å²) in [6, 6.07) is 18.2. The van der Waals surface area contributed by atoms with Crippen LogP contribution in [0, 0.1) is 0 Å². The Balaban J connectivity index is 1.46. The second-order valence-corrected chi connectivity index (χ2v) is 6.01. The fourth-order valence-corrected chi connectivity index (χ4v) is 2.84. The van der Waals surface area contributed by atoms with Crippen molar-refractivity contribution in [2.75, 3.05) is 7.11 Å². The summed E-state index contributed by atoms with van der Waals surface area (Å²) in [7, 11) is 1.67. The number of rotatable bonds is 6. The minimum atomic E-state index is 0.666. The minimum absolute atomic E-state index is 0.666. The molecule has 0 unspecified atom stereocenters. The zero-order valence-electron chi connectivity index (χ0n) is 14.5. The van der Waals surface area contributed by atoms with Gasteiger partial charge >= 0.3 is 0 Å². The van der Waals surface area contributed by atoms with Gasteiger partial charge in [-0.3, -0.25) is 9.69 Å². The Labute approximate surface area is 151 Å². The number of nitrogens with one attached hydrogen (secondary N) is 2. The fourth-order valence-electron chi connectivity index (χ4n) is 2.84. The molecule has 0 bridgehead atoms. The molecule has 7 nitrogen and oxygen atoms in total. The molecule has 1 aromatic heterocycles. The smallest absolute Gasteiger partial charge is 0.176 e. The highest BCUT2D eigenvalue weighted by Crippen LogP contribution is 2.15. The van der Waals surface area contributed by atoms with E-state index in [9.17, 15) is 0 Å². The molecule has 0 aliphatic carbocycles. The number of ether oxygens (including phenoxy) is 1. The summed E-state index contributed by atoms with van der Waals surface area (Å²) in [5.74, 6) is 1.65. The van der Waals surface area contributed by atoms with Crippen molar-refractivity contribution in [2.45, 2.75) is 13.1 Å². The number of amidine groups is 1. The molecule has 0 amide bonds. The average Bonchev–Trinajstić information content (AvgIpc) is 3.32. The maximum atomic E-state index is 5.20. The van der Waals surface area contributed by atoms with Gasteiger partial charge in [-0.05, 0) is 23.3 Å². The molecular formula is C19H20N6O. The summed E-state index contributed by atoms with van der Waals surface area (Å²) in [4.78, 5) is 0. The first-order chi connectivity index (χ1) is 12.8. The van der Waals surface area contributed by atoms with Crippen LogP contribution >= 0.6 is 0 Å². The molecule has 0 fully saturated rings. The summed E-state index contributed by atoms with van der Waals surface area (Å²) in [6.45, 7) is 1.40. The van der Waals surface area contributed by atoms with Crippen LogP contribution in [0.1, 0.15) is 16.7 Å². The van der Waals surface area contributed by atoms with Crippen LogP contribution in [0.5, 0.6) is 5.75 Å². The van der Waals surface area contributed by atoms with Crippen LogP contribution < -0.4 is 15.8 Å². The molecule has 2 N–H and O–H groups in total. The summed E-state index contributed by atoms with van der Waals surface area (Å²) in [5, 5.41) is 10.7. The summed E-state index contributed by atoms with van der Waals surface area (Å²) < 4.78 is 7.12. The number of aromatic nitrogens is 2. The topological polar surface area (TPSA) is 66.7 Å². The van der Waals surface area contributed by atoms with Crippen LogP contribution in [-0.2, 0) is 13.1 Å². The number of hydrazine groups is 2. The predicted octanol–water partition coefficient (Wildman–Crippen LogP) is 2.13. The number of hydrazone groups is 1. The maximum absolute atomic E-state index is 5.20. The molecule has 7 heteroatoms. The van der Waals surface area contributed by atoms with Crippen molar-refractivity contribution in [3.63, 3.8) is 0 Å². The first-order valence-electron chi connectivity index (χ1n) is 8.37. The van der Waals surface area contributed by atoms with Crippen LogP contribution in [0.15, 0.2) is 72.1 Å². The second-order valence-electron chi connectivity index (χ2n) is 6.01. The normalized spacial score (nSPS) is 13.4. The lowest BCUT2D eigenvalue weighted by Crippen LogP contribution is -2.40. The van der Waals surface area contributed by atoms with Gasteiger partial charge in [0.25, 0.3) is 0 Å². The Kier molecular flexibility index (Phi) is 4.53. The molecule has 2 heterocycles. The van der Waals surface area contributed by atoms with Crippen molar-refractivity contribution in [3.05, 3.63) is 83.7 Å². The number of hydrogen-bond acceptors (Lipinski definition) is 6. The molecule has 132 valence electrons. The Bertz CT molecular complexity index is 888. The van der Waals surface area contributed by atoms with Crippen molar-refractivity contribution in [3.8, 4) is 5.75 Å². The highest BCUT2D eigenvalue weighted by Gasteiger charge is 2.20. The lowest BCUT2D eigenvalue weighted by molar-refractivity contribution is 0.288. The summed E-state index contributed by atoms with van der Waals surface area (Å²) in [6.07, 6.45) is 3.83. The van der Waals surface area contributed by atoms with Crippen molar-refractivity contribution < 1.29 is 4.74 Å². The van der Waals surface area contributed by atoms with Gasteiger partial charge in [0.1, 0.15) is 5.75 Å². The molecule has 0 spiro atoms.